The lowest BCUT2D eigenvalue weighted by Crippen LogP contribution is -2.47. The normalized spacial score (nSPS) is 29.9. The number of allylic oxidation sites excluding steroid dienone is 2. The van der Waals surface area contributed by atoms with Crippen LogP contribution in [0.2, 0.25) is 0 Å². The van der Waals surface area contributed by atoms with Gasteiger partial charge in [0.25, 0.3) is 0 Å². The van der Waals surface area contributed by atoms with Crippen molar-refractivity contribution >= 4 is 28.9 Å². The van der Waals surface area contributed by atoms with Crippen LogP contribution in [-0.2, 0) is 14.3 Å². The summed E-state index contributed by atoms with van der Waals surface area (Å²) in [6.07, 6.45) is 11.1. The molecule has 0 N–H and O–H groups in total. The van der Waals surface area contributed by atoms with Gasteiger partial charge in [0.15, 0.2) is 0 Å². The van der Waals surface area contributed by atoms with Gasteiger partial charge in [0.2, 0.25) is 5.91 Å². The Balaban J connectivity index is 1.69. The fourth-order valence-electron chi connectivity index (χ4n) is 5.82. The number of hydrogen-bond acceptors (Lipinski definition) is 5. The third-order valence-corrected chi connectivity index (χ3v) is 9.33. The third kappa shape index (κ3) is 5.56. The lowest BCUT2D eigenvalue weighted by molar-refractivity contribution is -0.124. The number of ether oxygens (including phenoxy) is 2. The van der Waals surface area contributed by atoms with Crippen molar-refractivity contribution in [2.24, 2.45) is 11.8 Å². The van der Waals surface area contributed by atoms with Crippen molar-refractivity contribution in [3.8, 4) is 0 Å². The van der Waals surface area contributed by atoms with Gasteiger partial charge in [0.1, 0.15) is 4.88 Å². The van der Waals surface area contributed by atoms with E-state index in [-0.39, 0.29) is 35.7 Å². The van der Waals surface area contributed by atoms with Crippen LogP contribution in [0.25, 0.3) is 0 Å². The van der Waals surface area contributed by atoms with E-state index in [4.69, 9.17) is 9.47 Å². The maximum absolute atomic E-state index is 14.0. The number of thiophene rings is 1. The van der Waals surface area contributed by atoms with Gasteiger partial charge in [-0.1, -0.05) is 13.0 Å². The van der Waals surface area contributed by atoms with Crippen molar-refractivity contribution in [1.82, 2.24) is 0 Å². The molecule has 1 aromatic heterocycles. The quantitative estimate of drug-likeness (QED) is 0.412. The van der Waals surface area contributed by atoms with Crippen molar-refractivity contribution in [3.05, 3.63) is 27.7 Å². The SMILES string of the molecule is COC(=O)c1sc(C2CC=C(F)CC2)cc1N(C(=O)C1CCC(C)CC1)C1CCC(OC)CC1. The van der Waals surface area contributed by atoms with Gasteiger partial charge >= 0.3 is 5.97 Å². The van der Waals surface area contributed by atoms with Gasteiger partial charge in [0, 0.05) is 23.9 Å². The highest BCUT2D eigenvalue weighted by Crippen LogP contribution is 2.44. The minimum atomic E-state index is -0.399. The monoisotopic (exact) mass is 491 g/mol. The smallest absolute Gasteiger partial charge is 0.350 e. The summed E-state index contributed by atoms with van der Waals surface area (Å²) in [6, 6.07) is 2.08. The number of carbonyl (C=O) groups is 2. The summed E-state index contributed by atoms with van der Waals surface area (Å²) in [5.41, 5.74) is 0.700. The molecule has 5 nitrogen and oxygen atoms in total. The lowest BCUT2D eigenvalue weighted by Gasteiger charge is -2.39. The highest BCUT2D eigenvalue weighted by molar-refractivity contribution is 7.14. The lowest BCUT2D eigenvalue weighted by atomic mass is 9.81. The minimum absolute atomic E-state index is 0.00287. The number of halogens is 1. The van der Waals surface area contributed by atoms with Crippen molar-refractivity contribution < 1.29 is 23.5 Å². The molecule has 2 fully saturated rings. The number of hydrogen-bond donors (Lipinski definition) is 0. The first kappa shape index (κ1) is 25.4. The maximum atomic E-state index is 14.0. The average molecular weight is 492 g/mol. The zero-order valence-electron chi connectivity index (χ0n) is 20.7. The molecule has 1 heterocycles. The fraction of sp³-hybridized carbons (Fsp3) is 0.704. The molecule has 1 aromatic rings. The van der Waals surface area contributed by atoms with Crippen LogP contribution in [0, 0.1) is 11.8 Å². The summed E-state index contributed by atoms with van der Waals surface area (Å²) in [7, 11) is 3.14. The van der Waals surface area contributed by atoms with E-state index < -0.39 is 5.97 Å². The second-order valence-electron chi connectivity index (χ2n) is 10.3. The first-order valence-corrected chi connectivity index (χ1v) is 13.6. The van der Waals surface area contributed by atoms with E-state index >= 15 is 0 Å². The molecule has 1 atom stereocenters. The molecule has 0 spiro atoms. The van der Waals surface area contributed by atoms with Gasteiger partial charge < -0.3 is 14.4 Å². The molecule has 0 aromatic carbocycles. The second kappa shape index (κ2) is 11.3. The molecule has 1 amide bonds. The molecule has 7 heteroatoms. The first-order valence-electron chi connectivity index (χ1n) is 12.8. The number of nitrogens with zero attached hydrogens (tertiary/aromatic N) is 1. The molecule has 4 rings (SSSR count). The fourth-order valence-corrected chi connectivity index (χ4v) is 7.03. The van der Waals surface area contributed by atoms with Crippen LogP contribution in [0.1, 0.15) is 98.0 Å². The Labute approximate surface area is 206 Å². The van der Waals surface area contributed by atoms with Crippen LogP contribution in [0.3, 0.4) is 0 Å². The molecule has 0 radical (unpaired) electrons. The first-order chi connectivity index (χ1) is 16.4. The topological polar surface area (TPSA) is 55.8 Å². The number of methoxy groups -OCH3 is 2. The molecular weight excluding hydrogens is 453 g/mol. The molecule has 2 saturated carbocycles. The molecule has 0 aliphatic heterocycles. The van der Waals surface area contributed by atoms with Gasteiger partial charge in [-0.25, -0.2) is 9.18 Å². The van der Waals surface area contributed by atoms with E-state index in [1.54, 1.807) is 13.2 Å². The van der Waals surface area contributed by atoms with E-state index in [0.717, 1.165) is 62.7 Å². The van der Waals surface area contributed by atoms with Crippen LogP contribution in [0.4, 0.5) is 10.1 Å². The molecule has 1 unspecified atom stereocenters. The molecule has 0 saturated heterocycles. The maximum Gasteiger partial charge on any atom is 0.350 e. The molecule has 188 valence electrons. The third-order valence-electron chi connectivity index (χ3n) is 8.06. The van der Waals surface area contributed by atoms with Gasteiger partial charge in [-0.2, -0.15) is 0 Å². The van der Waals surface area contributed by atoms with Crippen LogP contribution in [0.5, 0.6) is 0 Å². The van der Waals surface area contributed by atoms with Crippen LogP contribution >= 0.6 is 11.3 Å². The summed E-state index contributed by atoms with van der Waals surface area (Å²) >= 11 is 1.42. The standard InChI is InChI=1S/C27H38FNO4S/c1-17-4-6-19(7-5-17)26(30)29(21-12-14-22(32-2)15-13-21)23-16-24(34-25(23)27(31)33-3)18-8-10-20(28)11-9-18/h10,16-19,21-22H,4-9,11-15H2,1-3H3. The predicted octanol–water partition coefficient (Wildman–Crippen LogP) is 6.77. The number of rotatable bonds is 6. The van der Waals surface area contributed by atoms with Crippen LogP contribution in [-0.4, -0.2) is 38.2 Å². The summed E-state index contributed by atoms with van der Waals surface area (Å²) in [5.74, 6) is 0.517. The Morgan fingerprint density at radius 2 is 1.74 bits per heavy atom. The Morgan fingerprint density at radius 3 is 2.32 bits per heavy atom. The van der Waals surface area contributed by atoms with Crippen LogP contribution < -0.4 is 4.90 Å². The summed E-state index contributed by atoms with van der Waals surface area (Å²) in [6.45, 7) is 2.26. The Bertz CT molecular complexity index is 896. The Hall–Kier alpha value is -1.73. The zero-order valence-corrected chi connectivity index (χ0v) is 21.5. The van der Waals surface area contributed by atoms with E-state index in [1.165, 1.54) is 18.4 Å². The second-order valence-corrected chi connectivity index (χ2v) is 11.4. The largest absolute Gasteiger partial charge is 0.465 e. The zero-order chi connectivity index (χ0) is 24.2. The summed E-state index contributed by atoms with van der Waals surface area (Å²) < 4.78 is 24.4. The number of esters is 1. The average Bonchev–Trinajstić information content (AvgIpc) is 3.29. The van der Waals surface area contributed by atoms with Gasteiger partial charge in [-0.05, 0) is 88.5 Å². The van der Waals surface area contributed by atoms with Crippen LogP contribution in [0.15, 0.2) is 18.0 Å². The highest BCUT2D eigenvalue weighted by Gasteiger charge is 2.38. The van der Waals surface area contributed by atoms with E-state index in [2.05, 4.69) is 6.92 Å². The van der Waals surface area contributed by atoms with Gasteiger partial charge in [-0.3, -0.25) is 4.79 Å². The Kier molecular flexibility index (Phi) is 8.46. The van der Waals surface area contributed by atoms with Gasteiger partial charge in [-0.15, -0.1) is 11.3 Å². The molecule has 3 aliphatic rings. The number of carbonyl (C=O) groups excluding carboxylic acids is 2. The predicted molar refractivity (Wildman–Crippen MR) is 133 cm³/mol. The molecule has 3 aliphatic carbocycles. The van der Waals surface area contributed by atoms with E-state index in [9.17, 15) is 14.0 Å². The van der Waals surface area contributed by atoms with Crippen molar-refractivity contribution in [1.29, 1.82) is 0 Å². The highest BCUT2D eigenvalue weighted by atomic mass is 32.1. The summed E-state index contributed by atoms with van der Waals surface area (Å²) in [5, 5.41) is 0. The Morgan fingerprint density at radius 1 is 1.03 bits per heavy atom. The molecule has 0 bridgehead atoms. The van der Waals surface area contributed by atoms with Crippen molar-refractivity contribution in [2.45, 2.75) is 95.6 Å². The molecular formula is C27H38FNO4S. The van der Waals surface area contributed by atoms with E-state index in [0.29, 0.717) is 29.3 Å². The minimum Gasteiger partial charge on any atom is -0.465 e. The van der Waals surface area contributed by atoms with E-state index in [1.807, 2.05) is 11.0 Å². The van der Waals surface area contributed by atoms with Gasteiger partial charge in [0.05, 0.1) is 24.7 Å². The summed E-state index contributed by atoms with van der Waals surface area (Å²) in [4.78, 5) is 30.4. The number of anilines is 1. The van der Waals surface area contributed by atoms with Crippen molar-refractivity contribution in [2.75, 3.05) is 19.1 Å². The molecule has 34 heavy (non-hydrogen) atoms. The number of amides is 1. The van der Waals surface area contributed by atoms with Crippen molar-refractivity contribution in [3.63, 3.8) is 0 Å².